The lowest BCUT2D eigenvalue weighted by molar-refractivity contribution is 0.102. The topological polar surface area (TPSA) is 79.4 Å². The number of amides is 1. The molecular weight excluding hydrogens is 422 g/mol. The van der Waals surface area contributed by atoms with E-state index in [1.54, 1.807) is 48.5 Å². The molecule has 0 aliphatic carbocycles. The standard InChI is InChI=1S/C25H21N3O3S/c29-25(23-15-13-18-7-4-5-11-22(18)27-23)26-20-14-12-19-8-6-16-28(24(19)17-20)32(30,31)21-9-2-1-3-10-21/h1-5,7,9-15,17H,6,8,16H2,(H,26,29). The number of hydrogen-bond acceptors (Lipinski definition) is 4. The lowest BCUT2D eigenvalue weighted by Gasteiger charge is -2.31. The second kappa shape index (κ2) is 8.09. The molecule has 3 aromatic carbocycles. The van der Waals surface area contributed by atoms with Crippen LogP contribution in [0.15, 0.2) is 89.8 Å². The summed E-state index contributed by atoms with van der Waals surface area (Å²) in [6, 6.07) is 25.0. The van der Waals surface area contributed by atoms with Gasteiger partial charge >= 0.3 is 0 Å². The summed E-state index contributed by atoms with van der Waals surface area (Å²) in [4.78, 5) is 17.5. The minimum absolute atomic E-state index is 0.252. The van der Waals surface area contributed by atoms with E-state index in [9.17, 15) is 13.2 Å². The molecule has 1 aliphatic rings. The molecule has 32 heavy (non-hydrogen) atoms. The van der Waals surface area contributed by atoms with Crippen molar-refractivity contribution in [2.24, 2.45) is 0 Å². The quantitative estimate of drug-likeness (QED) is 0.499. The number of benzene rings is 3. The predicted octanol–water partition coefficient (Wildman–Crippen LogP) is 4.63. The maximum absolute atomic E-state index is 13.3. The summed E-state index contributed by atoms with van der Waals surface area (Å²) in [5.41, 5.74) is 3.11. The van der Waals surface area contributed by atoms with E-state index < -0.39 is 10.0 Å². The van der Waals surface area contributed by atoms with Gasteiger partial charge in [-0.2, -0.15) is 0 Å². The number of aromatic nitrogens is 1. The molecule has 7 heteroatoms. The van der Waals surface area contributed by atoms with Gasteiger partial charge in [-0.05, 0) is 54.8 Å². The van der Waals surface area contributed by atoms with Gasteiger partial charge in [-0.25, -0.2) is 13.4 Å². The van der Waals surface area contributed by atoms with Gasteiger partial charge < -0.3 is 5.32 Å². The molecule has 1 amide bonds. The summed E-state index contributed by atoms with van der Waals surface area (Å²) in [6.45, 7) is 0.397. The molecule has 0 saturated heterocycles. The van der Waals surface area contributed by atoms with Gasteiger partial charge in [0, 0.05) is 17.6 Å². The molecule has 0 radical (unpaired) electrons. The largest absolute Gasteiger partial charge is 0.321 e. The Morgan fingerprint density at radius 3 is 2.53 bits per heavy atom. The fourth-order valence-electron chi connectivity index (χ4n) is 3.98. The minimum Gasteiger partial charge on any atom is -0.321 e. The molecule has 160 valence electrons. The van der Waals surface area contributed by atoms with Crippen LogP contribution in [-0.4, -0.2) is 25.9 Å². The van der Waals surface area contributed by atoms with Crippen LogP contribution in [0.25, 0.3) is 10.9 Å². The Morgan fingerprint density at radius 2 is 1.69 bits per heavy atom. The van der Waals surface area contributed by atoms with Gasteiger partial charge in [0.25, 0.3) is 15.9 Å². The number of rotatable bonds is 4. The molecule has 5 rings (SSSR count). The lowest BCUT2D eigenvalue weighted by atomic mass is 10.0. The molecule has 0 unspecified atom stereocenters. The fraction of sp³-hybridized carbons (Fsp3) is 0.120. The highest BCUT2D eigenvalue weighted by Crippen LogP contribution is 2.34. The molecule has 1 N–H and O–H groups in total. The van der Waals surface area contributed by atoms with Crippen LogP contribution in [0.2, 0.25) is 0 Å². The van der Waals surface area contributed by atoms with Gasteiger partial charge in [-0.15, -0.1) is 0 Å². The van der Waals surface area contributed by atoms with Gasteiger partial charge in [0.2, 0.25) is 0 Å². The summed E-state index contributed by atoms with van der Waals surface area (Å²) in [7, 11) is -3.69. The zero-order valence-electron chi connectivity index (χ0n) is 17.2. The zero-order valence-corrected chi connectivity index (χ0v) is 18.0. The molecule has 1 aliphatic heterocycles. The minimum atomic E-state index is -3.69. The number of carbonyl (C=O) groups is 1. The van der Waals surface area contributed by atoms with Crippen molar-refractivity contribution < 1.29 is 13.2 Å². The van der Waals surface area contributed by atoms with Crippen molar-refractivity contribution in [3.05, 3.63) is 96.2 Å². The van der Waals surface area contributed by atoms with Crippen LogP contribution in [-0.2, 0) is 16.4 Å². The Balaban J connectivity index is 1.46. The van der Waals surface area contributed by atoms with Crippen molar-refractivity contribution in [2.45, 2.75) is 17.7 Å². The third-order valence-corrected chi connectivity index (χ3v) is 7.41. The van der Waals surface area contributed by atoms with E-state index in [0.717, 1.165) is 29.3 Å². The maximum Gasteiger partial charge on any atom is 0.274 e. The van der Waals surface area contributed by atoms with E-state index in [-0.39, 0.29) is 10.8 Å². The Kier molecular flexibility index (Phi) is 5.11. The van der Waals surface area contributed by atoms with E-state index >= 15 is 0 Å². The van der Waals surface area contributed by atoms with Gasteiger partial charge in [0.1, 0.15) is 5.69 Å². The lowest BCUT2D eigenvalue weighted by Crippen LogP contribution is -2.35. The van der Waals surface area contributed by atoms with Crippen molar-refractivity contribution in [1.82, 2.24) is 4.98 Å². The first-order chi connectivity index (χ1) is 15.5. The molecule has 6 nitrogen and oxygen atoms in total. The van der Waals surface area contributed by atoms with Crippen LogP contribution < -0.4 is 9.62 Å². The normalized spacial score (nSPS) is 13.6. The second-order valence-corrected chi connectivity index (χ2v) is 9.54. The third kappa shape index (κ3) is 3.71. The number of sulfonamides is 1. The molecular formula is C25H21N3O3S. The smallest absolute Gasteiger partial charge is 0.274 e. The van der Waals surface area contributed by atoms with E-state index in [4.69, 9.17) is 0 Å². The van der Waals surface area contributed by atoms with E-state index in [2.05, 4.69) is 10.3 Å². The number of hydrogen-bond donors (Lipinski definition) is 1. The second-order valence-electron chi connectivity index (χ2n) is 7.68. The Morgan fingerprint density at radius 1 is 0.906 bits per heavy atom. The molecule has 4 aromatic rings. The molecule has 2 heterocycles. The number of pyridine rings is 1. The van der Waals surface area contributed by atoms with E-state index in [0.29, 0.717) is 23.6 Å². The Labute approximate surface area is 186 Å². The van der Waals surface area contributed by atoms with Crippen LogP contribution in [0.1, 0.15) is 22.5 Å². The molecule has 0 atom stereocenters. The molecule has 0 saturated carbocycles. The van der Waals surface area contributed by atoms with Gasteiger partial charge in [0.05, 0.1) is 16.1 Å². The Bertz CT molecular complexity index is 1420. The van der Waals surface area contributed by atoms with Crippen molar-refractivity contribution in [3.63, 3.8) is 0 Å². The van der Waals surface area contributed by atoms with Crippen LogP contribution in [0, 0.1) is 0 Å². The number of anilines is 2. The van der Waals surface area contributed by atoms with E-state index in [1.165, 1.54) is 4.31 Å². The number of nitrogens with zero attached hydrogens (tertiary/aromatic N) is 2. The summed E-state index contributed by atoms with van der Waals surface area (Å²) < 4.78 is 28.0. The maximum atomic E-state index is 13.3. The summed E-state index contributed by atoms with van der Waals surface area (Å²) in [5.74, 6) is -0.344. The van der Waals surface area contributed by atoms with Gasteiger partial charge in [-0.1, -0.05) is 48.5 Å². The highest BCUT2D eigenvalue weighted by atomic mass is 32.2. The van der Waals surface area contributed by atoms with Crippen molar-refractivity contribution in [2.75, 3.05) is 16.2 Å². The average molecular weight is 444 g/mol. The predicted molar refractivity (Wildman–Crippen MR) is 125 cm³/mol. The number of aryl methyl sites for hydroxylation is 1. The number of para-hydroxylation sites is 1. The highest BCUT2D eigenvalue weighted by molar-refractivity contribution is 7.92. The van der Waals surface area contributed by atoms with Crippen LogP contribution in [0.3, 0.4) is 0 Å². The third-order valence-electron chi connectivity index (χ3n) is 5.58. The van der Waals surface area contributed by atoms with Gasteiger partial charge in [0.15, 0.2) is 0 Å². The van der Waals surface area contributed by atoms with Crippen LogP contribution >= 0.6 is 0 Å². The summed E-state index contributed by atoms with van der Waals surface area (Å²) in [6.07, 6.45) is 1.53. The number of nitrogens with one attached hydrogen (secondary N) is 1. The monoisotopic (exact) mass is 443 g/mol. The Hall–Kier alpha value is -3.71. The van der Waals surface area contributed by atoms with Crippen molar-refractivity contribution >= 4 is 38.2 Å². The van der Waals surface area contributed by atoms with Crippen molar-refractivity contribution in [1.29, 1.82) is 0 Å². The number of fused-ring (bicyclic) bond motifs is 2. The van der Waals surface area contributed by atoms with Crippen molar-refractivity contribution in [3.8, 4) is 0 Å². The molecule has 1 aromatic heterocycles. The van der Waals surface area contributed by atoms with E-state index in [1.807, 2.05) is 36.4 Å². The number of carbonyl (C=O) groups excluding carboxylic acids is 1. The fourth-order valence-corrected chi connectivity index (χ4v) is 5.53. The van der Waals surface area contributed by atoms with Crippen LogP contribution in [0.5, 0.6) is 0 Å². The molecule has 0 bridgehead atoms. The first-order valence-electron chi connectivity index (χ1n) is 10.4. The SMILES string of the molecule is O=C(Nc1ccc2c(c1)N(S(=O)(=O)c1ccccc1)CCC2)c1ccc2ccccc2n1. The average Bonchev–Trinajstić information content (AvgIpc) is 2.83. The van der Waals surface area contributed by atoms with Crippen LogP contribution in [0.4, 0.5) is 11.4 Å². The summed E-state index contributed by atoms with van der Waals surface area (Å²) in [5, 5.41) is 3.82. The first kappa shape index (κ1) is 20.2. The first-order valence-corrected chi connectivity index (χ1v) is 11.8. The summed E-state index contributed by atoms with van der Waals surface area (Å²) >= 11 is 0. The molecule has 0 fully saturated rings. The molecule has 0 spiro atoms. The van der Waals surface area contributed by atoms with Gasteiger partial charge in [-0.3, -0.25) is 9.10 Å². The zero-order chi connectivity index (χ0) is 22.1. The highest BCUT2D eigenvalue weighted by Gasteiger charge is 2.29.